The minimum Gasteiger partial charge on any atom is -0.448 e. The number of hydrogen-bond donors (Lipinski definition) is 2. The molecule has 0 saturated heterocycles. The number of hydrogen-bond acceptors (Lipinski definition) is 3. The van der Waals surface area contributed by atoms with Crippen molar-refractivity contribution in [2.45, 2.75) is 19.1 Å². The summed E-state index contributed by atoms with van der Waals surface area (Å²) >= 11 is 0. The second-order valence-corrected chi connectivity index (χ2v) is 5.89. The molecule has 1 heterocycles. The SMILES string of the molecule is C[C@@H](OC(=O)c1ccc[nH]1)C(=O)NC(c1ccccc1)c1ccccc1. The summed E-state index contributed by atoms with van der Waals surface area (Å²) in [6.45, 7) is 1.56. The third-order valence-corrected chi connectivity index (χ3v) is 4.02. The van der Waals surface area contributed by atoms with Crippen molar-refractivity contribution < 1.29 is 14.3 Å². The molecule has 3 rings (SSSR count). The topological polar surface area (TPSA) is 71.2 Å². The highest BCUT2D eigenvalue weighted by molar-refractivity contribution is 5.90. The van der Waals surface area contributed by atoms with E-state index in [-0.39, 0.29) is 11.9 Å². The molecule has 0 spiro atoms. The normalized spacial score (nSPS) is 11.8. The molecule has 0 saturated carbocycles. The van der Waals surface area contributed by atoms with Crippen LogP contribution >= 0.6 is 0 Å². The molecule has 5 heteroatoms. The van der Waals surface area contributed by atoms with Gasteiger partial charge in [0.15, 0.2) is 6.10 Å². The number of benzene rings is 2. The molecule has 0 radical (unpaired) electrons. The molecule has 132 valence electrons. The molecule has 2 N–H and O–H groups in total. The summed E-state index contributed by atoms with van der Waals surface area (Å²) in [7, 11) is 0. The lowest BCUT2D eigenvalue weighted by Gasteiger charge is -2.22. The van der Waals surface area contributed by atoms with Gasteiger partial charge in [-0.15, -0.1) is 0 Å². The Morgan fingerprint density at radius 1 is 0.885 bits per heavy atom. The first-order chi connectivity index (χ1) is 12.6. The van der Waals surface area contributed by atoms with Crippen LogP contribution in [0.3, 0.4) is 0 Å². The van der Waals surface area contributed by atoms with Gasteiger partial charge in [0.2, 0.25) is 0 Å². The van der Waals surface area contributed by atoms with Crippen molar-refractivity contribution in [2.24, 2.45) is 0 Å². The Morgan fingerprint density at radius 2 is 1.46 bits per heavy atom. The molecule has 1 amide bonds. The Labute approximate surface area is 152 Å². The van der Waals surface area contributed by atoms with Crippen molar-refractivity contribution in [3.63, 3.8) is 0 Å². The first-order valence-corrected chi connectivity index (χ1v) is 8.40. The van der Waals surface area contributed by atoms with E-state index in [4.69, 9.17) is 4.74 Å². The van der Waals surface area contributed by atoms with E-state index in [9.17, 15) is 9.59 Å². The number of esters is 1. The zero-order valence-corrected chi connectivity index (χ0v) is 14.4. The van der Waals surface area contributed by atoms with Crippen LogP contribution in [-0.2, 0) is 9.53 Å². The summed E-state index contributed by atoms with van der Waals surface area (Å²) in [6, 6.07) is 22.3. The summed E-state index contributed by atoms with van der Waals surface area (Å²) in [5.74, 6) is -0.920. The number of carbonyl (C=O) groups excluding carboxylic acids is 2. The van der Waals surface area contributed by atoms with E-state index in [0.29, 0.717) is 5.69 Å². The van der Waals surface area contributed by atoms with Gasteiger partial charge in [-0.3, -0.25) is 4.79 Å². The molecule has 0 bridgehead atoms. The van der Waals surface area contributed by atoms with Gasteiger partial charge < -0.3 is 15.0 Å². The molecule has 3 aromatic rings. The molecule has 0 fully saturated rings. The average Bonchev–Trinajstić information content (AvgIpc) is 3.22. The zero-order valence-electron chi connectivity index (χ0n) is 14.4. The van der Waals surface area contributed by atoms with Crippen LogP contribution in [0.4, 0.5) is 0 Å². The third-order valence-electron chi connectivity index (χ3n) is 4.02. The molecular weight excluding hydrogens is 328 g/mol. The van der Waals surface area contributed by atoms with Gasteiger partial charge in [-0.05, 0) is 30.2 Å². The van der Waals surface area contributed by atoms with Gasteiger partial charge in [-0.2, -0.15) is 0 Å². The fourth-order valence-electron chi connectivity index (χ4n) is 2.64. The molecule has 0 aliphatic heterocycles. The predicted molar refractivity (Wildman–Crippen MR) is 98.5 cm³/mol. The van der Waals surface area contributed by atoms with Crippen molar-refractivity contribution in [1.29, 1.82) is 0 Å². The van der Waals surface area contributed by atoms with E-state index in [1.54, 1.807) is 25.3 Å². The molecule has 1 atom stereocenters. The molecule has 26 heavy (non-hydrogen) atoms. The Kier molecular flexibility index (Phi) is 5.49. The van der Waals surface area contributed by atoms with Gasteiger partial charge in [-0.1, -0.05) is 60.7 Å². The molecular formula is C21H20N2O3. The van der Waals surface area contributed by atoms with Gasteiger partial charge in [-0.25, -0.2) is 4.79 Å². The Bertz CT molecular complexity index is 806. The third kappa shape index (κ3) is 4.19. The molecule has 1 aromatic heterocycles. The van der Waals surface area contributed by atoms with Crippen LogP contribution in [0.5, 0.6) is 0 Å². The van der Waals surface area contributed by atoms with Gasteiger partial charge in [0.05, 0.1) is 6.04 Å². The van der Waals surface area contributed by atoms with E-state index in [0.717, 1.165) is 11.1 Å². The maximum atomic E-state index is 12.6. The summed E-state index contributed by atoms with van der Waals surface area (Å²) < 4.78 is 5.25. The largest absolute Gasteiger partial charge is 0.448 e. The highest BCUT2D eigenvalue weighted by Crippen LogP contribution is 2.22. The number of aromatic nitrogens is 1. The van der Waals surface area contributed by atoms with Crippen LogP contribution in [0.15, 0.2) is 79.0 Å². The number of rotatable bonds is 6. The monoisotopic (exact) mass is 348 g/mol. The van der Waals surface area contributed by atoms with Crippen LogP contribution in [0.25, 0.3) is 0 Å². The van der Waals surface area contributed by atoms with Gasteiger partial charge in [0.1, 0.15) is 5.69 Å². The lowest BCUT2D eigenvalue weighted by Crippen LogP contribution is -2.38. The van der Waals surface area contributed by atoms with Crippen LogP contribution in [0.2, 0.25) is 0 Å². The van der Waals surface area contributed by atoms with E-state index in [1.807, 2.05) is 60.7 Å². The maximum absolute atomic E-state index is 12.6. The first kappa shape index (κ1) is 17.5. The highest BCUT2D eigenvalue weighted by Gasteiger charge is 2.23. The van der Waals surface area contributed by atoms with Gasteiger partial charge in [0.25, 0.3) is 5.91 Å². The van der Waals surface area contributed by atoms with Crippen LogP contribution < -0.4 is 5.32 Å². The predicted octanol–water partition coefficient (Wildman–Crippen LogP) is 3.47. The minimum atomic E-state index is -0.916. The smallest absolute Gasteiger partial charge is 0.355 e. The average molecular weight is 348 g/mol. The lowest BCUT2D eigenvalue weighted by molar-refractivity contribution is -0.129. The van der Waals surface area contributed by atoms with E-state index in [2.05, 4.69) is 10.3 Å². The summed E-state index contributed by atoms with van der Waals surface area (Å²) in [5, 5.41) is 2.97. The minimum absolute atomic E-state index is 0.312. The van der Waals surface area contributed by atoms with Crippen molar-refractivity contribution in [3.8, 4) is 0 Å². The van der Waals surface area contributed by atoms with E-state index >= 15 is 0 Å². The van der Waals surface area contributed by atoms with Crippen molar-refractivity contribution in [1.82, 2.24) is 10.3 Å². The second-order valence-electron chi connectivity index (χ2n) is 5.89. The second kappa shape index (κ2) is 8.16. The van der Waals surface area contributed by atoms with E-state index < -0.39 is 12.1 Å². The number of ether oxygens (including phenoxy) is 1. The van der Waals surface area contributed by atoms with E-state index in [1.165, 1.54) is 0 Å². The summed E-state index contributed by atoms with van der Waals surface area (Å²) in [6.07, 6.45) is 0.711. The van der Waals surface area contributed by atoms with Crippen molar-refractivity contribution in [2.75, 3.05) is 0 Å². The Morgan fingerprint density at radius 3 is 1.96 bits per heavy atom. The molecule has 5 nitrogen and oxygen atoms in total. The van der Waals surface area contributed by atoms with Crippen molar-refractivity contribution >= 4 is 11.9 Å². The summed E-state index contributed by atoms with van der Waals surface area (Å²) in [4.78, 5) is 27.4. The molecule has 0 unspecified atom stereocenters. The van der Waals surface area contributed by atoms with Crippen LogP contribution in [-0.4, -0.2) is 23.0 Å². The Balaban J connectivity index is 1.74. The number of nitrogens with one attached hydrogen (secondary N) is 2. The van der Waals surface area contributed by atoms with Gasteiger partial charge in [0, 0.05) is 6.20 Å². The molecule has 2 aromatic carbocycles. The quantitative estimate of drug-likeness (QED) is 0.670. The maximum Gasteiger partial charge on any atom is 0.355 e. The zero-order chi connectivity index (χ0) is 18.4. The lowest BCUT2D eigenvalue weighted by atomic mass is 9.98. The van der Waals surface area contributed by atoms with Crippen LogP contribution in [0, 0.1) is 0 Å². The number of amides is 1. The highest BCUT2D eigenvalue weighted by atomic mass is 16.5. The van der Waals surface area contributed by atoms with Crippen LogP contribution in [0.1, 0.15) is 34.6 Å². The number of carbonyl (C=O) groups is 2. The standard InChI is InChI=1S/C21H20N2O3/c1-15(26-21(25)18-13-8-14-22-18)20(24)23-19(16-9-4-2-5-10-16)17-11-6-3-7-12-17/h2-15,19,22H,1H3,(H,23,24)/t15-/m1/s1. The summed E-state index contributed by atoms with van der Waals surface area (Å²) in [5.41, 5.74) is 2.22. The Hall–Kier alpha value is -3.34. The fraction of sp³-hybridized carbons (Fsp3) is 0.143. The molecule has 0 aliphatic rings. The fourth-order valence-corrected chi connectivity index (χ4v) is 2.64. The number of H-pyrrole nitrogens is 1. The molecule has 0 aliphatic carbocycles. The van der Waals surface area contributed by atoms with Gasteiger partial charge >= 0.3 is 5.97 Å². The van der Waals surface area contributed by atoms with Crippen molar-refractivity contribution in [3.05, 3.63) is 95.8 Å². The first-order valence-electron chi connectivity index (χ1n) is 8.40. The number of aromatic amines is 1.